The number of thiophene rings is 1. The van der Waals surface area contributed by atoms with Crippen LogP contribution < -0.4 is 5.32 Å². The second-order valence-electron chi connectivity index (χ2n) is 5.27. The molecule has 1 aromatic heterocycles. The molecule has 2 rings (SSSR count). The smallest absolute Gasteiger partial charge is 0.0361 e. The van der Waals surface area contributed by atoms with Gasteiger partial charge in [0.25, 0.3) is 0 Å². The zero-order chi connectivity index (χ0) is 13.7. The van der Waals surface area contributed by atoms with Crippen LogP contribution in [0.25, 0.3) is 0 Å². The third-order valence-electron chi connectivity index (χ3n) is 3.48. The van der Waals surface area contributed by atoms with Crippen molar-refractivity contribution in [2.75, 3.05) is 6.54 Å². The lowest BCUT2D eigenvalue weighted by molar-refractivity contribution is 0.550. The number of likely N-dealkylation sites (N-methyl/N-ethyl adjacent to an activating group) is 1. The lowest BCUT2D eigenvalue weighted by Crippen LogP contribution is -2.22. The Morgan fingerprint density at radius 2 is 1.74 bits per heavy atom. The van der Waals surface area contributed by atoms with Crippen molar-refractivity contribution in [3.63, 3.8) is 0 Å². The summed E-state index contributed by atoms with van der Waals surface area (Å²) in [6, 6.07) is 11.7. The van der Waals surface area contributed by atoms with E-state index in [4.69, 9.17) is 0 Å². The van der Waals surface area contributed by atoms with Gasteiger partial charge in [0.1, 0.15) is 0 Å². The molecule has 1 atom stereocenters. The Balaban J connectivity index is 2.13. The second kappa shape index (κ2) is 6.88. The summed E-state index contributed by atoms with van der Waals surface area (Å²) < 4.78 is 0. The van der Waals surface area contributed by atoms with Crippen LogP contribution in [0.1, 0.15) is 49.4 Å². The van der Waals surface area contributed by atoms with Crippen molar-refractivity contribution >= 4 is 11.3 Å². The quantitative estimate of drug-likeness (QED) is 0.799. The molecule has 0 spiro atoms. The molecule has 2 aromatic rings. The average molecular weight is 273 g/mol. The molecule has 0 saturated heterocycles. The van der Waals surface area contributed by atoms with Gasteiger partial charge >= 0.3 is 0 Å². The van der Waals surface area contributed by atoms with Gasteiger partial charge in [0.2, 0.25) is 0 Å². The first-order valence-corrected chi connectivity index (χ1v) is 7.99. The van der Waals surface area contributed by atoms with Crippen molar-refractivity contribution in [3.05, 3.63) is 57.8 Å². The molecular weight excluding hydrogens is 250 g/mol. The number of hydrogen-bond acceptors (Lipinski definition) is 2. The molecule has 1 unspecified atom stereocenters. The van der Waals surface area contributed by atoms with E-state index in [2.05, 4.69) is 67.2 Å². The molecule has 0 amide bonds. The van der Waals surface area contributed by atoms with Crippen molar-refractivity contribution < 1.29 is 0 Å². The topological polar surface area (TPSA) is 12.0 Å². The molecule has 0 fully saturated rings. The minimum absolute atomic E-state index is 0.417. The van der Waals surface area contributed by atoms with Crippen LogP contribution >= 0.6 is 11.3 Å². The first kappa shape index (κ1) is 14.3. The molecule has 1 N–H and O–H groups in total. The summed E-state index contributed by atoms with van der Waals surface area (Å²) in [6.07, 6.45) is 1.07. The van der Waals surface area contributed by atoms with Crippen molar-refractivity contribution in [1.82, 2.24) is 5.32 Å². The summed E-state index contributed by atoms with van der Waals surface area (Å²) in [7, 11) is 0. The van der Waals surface area contributed by atoms with Crippen LogP contribution in [0.15, 0.2) is 41.1 Å². The Morgan fingerprint density at radius 1 is 1.05 bits per heavy atom. The minimum atomic E-state index is 0.417. The van der Waals surface area contributed by atoms with E-state index in [-0.39, 0.29) is 0 Å². The Hall–Kier alpha value is -1.12. The van der Waals surface area contributed by atoms with Crippen LogP contribution in [0, 0.1) is 0 Å². The fourth-order valence-corrected chi connectivity index (χ4v) is 2.99. The van der Waals surface area contributed by atoms with Crippen LogP contribution in [-0.2, 0) is 6.42 Å². The molecule has 0 saturated carbocycles. The van der Waals surface area contributed by atoms with E-state index in [0.717, 1.165) is 13.0 Å². The Morgan fingerprint density at radius 3 is 2.26 bits per heavy atom. The molecule has 0 aliphatic heterocycles. The molecule has 0 bridgehead atoms. The first-order chi connectivity index (χ1) is 9.20. The Bertz CT molecular complexity index is 470. The van der Waals surface area contributed by atoms with E-state index >= 15 is 0 Å². The normalized spacial score (nSPS) is 12.8. The van der Waals surface area contributed by atoms with Gasteiger partial charge in [-0.25, -0.2) is 0 Å². The Labute approximate surface area is 120 Å². The average Bonchev–Trinajstić information content (AvgIpc) is 2.91. The third-order valence-corrected chi connectivity index (χ3v) is 4.21. The van der Waals surface area contributed by atoms with Gasteiger partial charge in [-0.15, -0.1) is 0 Å². The van der Waals surface area contributed by atoms with E-state index < -0.39 is 0 Å². The zero-order valence-corrected chi connectivity index (χ0v) is 12.8. The molecule has 0 aliphatic carbocycles. The molecule has 1 nitrogen and oxygen atoms in total. The predicted molar refractivity (Wildman–Crippen MR) is 85.0 cm³/mol. The standard InChI is InChI=1S/C17H23NS/c1-4-18-17(11-14-9-10-19-12-14)16-7-5-15(6-8-16)13(2)3/h5-10,12-13,17-18H,4,11H2,1-3H3. The molecule has 0 aliphatic rings. The summed E-state index contributed by atoms with van der Waals surface area (Å²) in [4.78, 5) is 0. The summed E-state index contributed by atoms with van der Waals surface area (Å²) in [6.45, 7) is 7.65. The maximum atomic E-state index is 3.59. The SMILES string of the molecule is CCNC(Cc1ccsc1)c1ccc(C(C)C)cc1. The number of benzene rings is 1. The van der Waals surface area contributed by atoms with Crippen LogP contribution in [-0.4, -0.2) is 6.54 Å². The molecule has 1 aromatic carbocycles. The van der Waals surface area contributed by atoms with E-state index in [1.807, 2.05) is 0 Å². The second-order valence-corrected chi connectivity index (χ2v) is 6.05. The van der Waals surface area contributed by atoms with Gasteiger partial charge in [0.15, 0.2) is 0 Å². The molecule has 2 heteroatoms. The molecular formula is C17H23NS. The third kappa shape index (κ3) is 3.92. The lowest BCUT2D eigenvalue weighted by Gasteiger charge is -2.18. The maximum Gasteiger partial charge on any atom is 0.0361 e. The van der Waals surface area contributed by atoms with Gasteiger partial charge < -0.3 is 5.32 Å². The van der Waals surface area contributed by atoms with Gasteiger partial charge in [-0.1, -0.05) is 45.0 Å². The van der Waals surface area contributed by atoms with Crippen LogP contribution in [0.4, 0.5) is 0 Å². The fourth-order valence-electron chi connectivity index (χ4n) is 2.31. The van der Waals surface area contributed by atoms with E-state index in [0.29, 0.717) is 12.0 Å². The lowest BCUT2D eigenvalue weighted by atomic mass is 9.96. The van der Waals surface area contributed by atoms with Crippen molar-refractivity contribution in [2.45, 2.75) is 39.2 Å². The maximum absolute atomic E-state index is 3.59. The van der Waals surface area contributed by atoms with E-state index in [1.165, 1.54) is 16.7 Å². The zero-order valence-electron chi connectivity index (χ0n) is 12.0. The van der Waals surface area contributed by atoms with E-state index in [1.54, 1.807) is 11.3 Å². The molecule has 102 valence electrons. The molecule has 0 radical (unpaired) electrons. The highest BCUT2D eigenvalue weighted by Gasteiger charge is 2.11. The number of rotatable bonds is 6. The number of nitrogens with one attached hydrogen (secondary N) is 1. The fraction of sp³-hybridized carbons (Fsp3) is 0.412. The largest absolute Gasteiger partial charge is 0.310 e. The van der Waals surface area contributed by atoms with Crippen molar-refractivity contribution in [3.8, 4) is 0 Å². The summed E-state index contributed by atoms with van der Waals surface area (Å²) in [5, 5.41) is 7.99. The first-order valence-electron chi connectivity index (χ1n) is 7.05. The van der Waals surface area contributed by atoms with Gasteiger partial charge in [-0.05, 0) is 52.4 Å². The minimum Gasteiger partial charge on any atom is -0.310 e. The van der Waals surface area contributed by atoms with Crippen molar-refractivity contribution in [2.24, 2.45) is 0 Å². The summed E-state index contributed by atoms with van der Waals surface area (Å²) in [5.74, 6) is 0.600. The summed E-state index contributed by atoms with van der Waals surface area (Å²) >= 11 is 1.77. The van der Waals surface area contributed by atoms with Crippen LogP contribution in [0.3, 0.4) is 0 Å². The highest BCUT2D eigenvalue weighted by atomic mass is 32.1. The Kier molecular flexibility index (Phi) is 5.17. The van der Waals surface area contributed by atoms with Crippen molar-refractivity contribution in [1.29, 1.82) is 0 Å². The molecule has 1 heterocycles. The highest BCUT2D eigenvalue weighted by molar-refractivity contribution is 7.07. The van der Waals surface area contributed by atoms with Gasteiger partial charge in [0, 0.05) is 6.04 Å². The van der Waals surface area contributed by atoms with Gasteiger partial charge in [-0.2, -0.15) is 11.3 Å². The van der Waals surface area contributed by atoms with Gasteiger partial charge in [0.05, 0.1) is 0 Å². The van der Waals surface area contributed by atoms with Crippen LogP contribution in [0.2, 0.25) is 0 Å². The molecule has 19 heavy (non-hydrogen) atoms. The highest BCUT2D eigenvalue weighted by Crippen LogP contribution is 2.22. The monoisotopic (exact) mass is 273 g/mol. The number of hydrogen-bond donors (Lipinski definition) is 1. The van der Waals surface area contributed by atoms with Crippen LogP contribution in [0.5, 0.6) is 0 Å². The van der Waals surface area contributed by atoms with Gasteiger partial charge in [-0.3, -0.25) is 0 Å². The predicted octanol–water partition coefficient (Wildman–Crippen LogP) is 4.76. The van der Waals surface area contributed by atoms with E-state index in [9.17, 15) is 0 Å². The summed E-state index contributed by atoms with van der Waals surface area (Å²) in [5.41, 5.74) is 4.22.